The molecule has 1 aromatic rings. The quantitative estimate of drug-likeness (QED) is 0.454. The number of hydrogen-bond donors (Lipinski definition) is 2. The van der Waals surface area contributed by atoms with Crippen LogP contribution in [0, 0.1) is 0 Å². The van der Waals surface area contributed by atoms with Gasteiger partial charge in [-0.05, 0) is 12.5 Å². The van der Waals surface area contributed by atoms with Crippen molar-refractivity contribution >= 4 is 5.97 Å². The van der Waals surface area contributed by atoms with Gasteiger partial charge >= 0.3 is 5.97 Å². The van der Waals surface area contributed by atoms with E-state index < -0.39 is 5.97 Å². The molecule has 0 heterocycles. The van der Waals surface area contributed by atoms with E-state index in [2.05, 4.69) is 0 Å². The third-order valence-electron chi connectivity index (χ3n) is 1.92. The Morgan fingerprint density at radius 3 is 2.60 bits per heavy atom. The summed E-state index contributed by atoms with van der Waals surface area (Å²) in [6.45, 7) is 3.23. The smallest absolute Gasteiger partial charge is 0.308 e. The van der Waals surface area contributed by atoms with Crippen molar-refractivity contribution in [2.24, 2.45) is 0 Å². The van der Waals surface area contributed by atoms with Crippen molar-refractivity contribution in [2.75, 3.05) is 0 Å². The molecule has 4 heteroatoms. The molecule has 0 aliphatic rings. The second-order valence-electron chi connectivity index (χ2n) is 3.29. The van der Waals surface area contributed by atoms with Gasteiger partial charge in [0.25, 0.3) is 0 Å². The lowest BCUT2D eigenvalue weighted by Gasteiger charge is -2.08. The molecule has 4 nitrogen and oxygen atoms in total. The maximum absolute atomic E-state index is 10.7. The van der Waals surface area contributed by atoms with Crippen LogP contribution in [-0.4, -0.2) is 16.2 Å². The van der Waals surface area contributed by atoms with Gasteiger partial charge in [0.15, 0.2) is 11.5 Å². The first-order chi connectivity index (χ1) is 7.04. The van der Waals surface area contributed by atoms with Gasteiger partial charge in [-0.25, -0.2) is 0 Å². The number of carbonyl (C=O) groups is 1. The average Bonchev–Trinajstić information content (AvgIpc) is 2.12. The molecule has 0 radical (unpaired) electrons. The summed E-state index contributed by atoms with van der Waals surface area (Å²) < 4.78 is 4.83. The van der Waals surface area contributed by atoms with Crippen LogP contribution >= 0.6 is 0 Å². The molecule has 0 aromatic heterocycles. The van der Waals surface area contributed by atoms with E-state index in [9.17, 15) is 15.0 Å². The summed E-state index contributed by atoms with van der Waals surface area (Å²) in [5.74, 6) is -0.617. The van der Waals surface area contributed by atoms with Crippen LogP contribution in [0.5, 0.6) is 17.2 Å². The molecule has 0 amide bonds. The number of phenolic OH excluding ortho intramolecular Hbond substituents is 2. The molecule has 1 rings (SSSR count). The molecule has 1 aromatic carbocycles. The van der Waals surface area contributed by atoms with Gasteiger partial charge in [-0.15, -0.1) is 0 Å². The third-order valence-corrected chi connectivity index (χ3v) is 1.92. The van der Waals surface area contributed by atoms with Crippen molar-refractivity contribution in [3.8, 4) is 17.2 Å². The highest BCUT2D eigenvalue weighted by molar-refractivity contribution is 5.70. The van der Waals surface area contributed by atoms with E-state index in [1.807, 2.05) is 6.92 Å². The highest BCUT2D eigenvalue weighted by Crippen LogP contribution is 2.34. The number of ether oxygens (including phenoxy) is 1. The summed E-state index contributed by atoms with van der Waals surface area (Å²) in [5, 5.41) is 18.9. The monoisotopic (exact) mass is 210 g/mol. The van der Waals surface area contributed by atoms with E-state index in [0.29, 0.717) is 12.0 Å². The number of benzene rings is 1. The first-order valence-electron chi connectivity index (χ1n) is 4.77. The van der Waals surface area contributed by atoms with Crippen molar-refractivity contribution in [1.82, 2.24) is 0 Å². The highest BCUT2D eigenvalue weighted by Gasteiger charge is 2.10. The molecule has 0 aliphatic heterocycles. The molecule has 0 aliphatic carbocycles. The molecule has 82 valence electrons. The first kappa shape index (κ1) is 11.4. The van der Waals surface area contributed by atoms with Gasteiger partial charge in [0, 0.05) is 18.6 Å². The summed E-state index contributed by atoms with van der Waals surface area (Å²) in [7, 11) is 0. The maximum Gasteiger partial charge on any atom is 0.308 e. The zero-order valence-corrected chi connectivity index (χ0v) is 8.78. The van der Waals surface area contributed by atoms with Gasteiger partial charge in [-0.1, -0.05) is 13.3 Å². The fourth-order valence-electron chi connectivity index (χ4n) is 1.33. The van der Waals surface area contributed by atoms with Crippen LogP contribution in [0.3, 0.4) is 0 Å². The molecule has 0 saturated carbocycles. The van der Waals surface area contributed by atoms with Gasteiger partial charge in [-0.2, -0.15) is 0 Å². The predicted molar refractivity (Wildman–Crippen MR) is 55.1 cm³/mol. The summed E-state index contributed by atoms with van der Waals surface area (Å²) in [6.07, 6.45) is 1.45. The number of carbonyl (C=O) groups excluding carboxylic acids is 1. The zero-order chi connectivity index (χ0) is 11.4. The van der Waals surface area contributed by atoms with E-state index >= 15 is 0 Å². The van der Waals surface area contributed by atoms with Gasteiger partial charge < -0.3 is 14.9 Å². The normalized spacial score (nSPS) is 10.0. The third kappa shape index (κ3) is 2.87. The van der Waals surface area contributed by atoms with Gasteiger partial charge in [0.2, 0.25) is 0 Å². The number of aryl methyl sites for hydroxylation is 1. The van der Waals surface area contributed by atoms with Gasteiger partial charge in [0.05, 0.1) is 0 Å². The van der Waals surface area contributed by atoms with Crippen molar-refractivity contribution in [3.05, 3.63) is 17.7 Å². The highest BCUT2D eigenvalue weighted by atomic mass is 16.5. The van der Waals surface area contributed by atoms with Crippen LogP contribution < -0.4 is 4.74 Å². The van der Waals surface area contributed by atoms with Crippen molar-refractivity contribution in [2.45, 2.75) is 26.7 Å². The zero-order valence-electron chi connectivity index (χ0n) is 8.78. The number of rotatable bonds is 3. The van der Waals surface area contributed by atoms with Crippen LogP contribution in [0.2, 0.25) is 0 Å². The minimum atomic E-state index is -0.456. The molecule has 15 heavy (non-hydrogen) atoms. The SMILES string of the molecule is CCCc1cc(OC(C)=O)cc(O)c1O. The maximum atomic E-state index is 10.7. The largest absolute Gasteiger partial charge is 0.504 e. The Balaban J connectivity index is 3.05. The standard InChI is InChI=1S/C11H14O4/c1-3-4-8-5-9(15-7(2)12)6-10(13)11(8)14/h5-6,13-14H,3-4H2,1-2H3. The molecule has 0 saturated heterocycles. The molecule has 0 atom stereocenters. The first-order valence-corrected chi connectivity index (χ1v) is 4.77. The van der Waals surface area contributed by atoms with E-state index in [0.717, 1.165) is 6.42 Å². The number of phenols is 2. The summed E-state index contributed by atoms with van der Waals surface area (Å²) in [6, 6.07) is 2.77. The van der Waals surface area contributed by atoms with Crippen LogP contribution in [0.4, 0.5) is 0 Å². The molecule has 0 unspecified atom stereocenters. The second-order valence-corrected chi connectivity index (χ2v) is 3.29. The van der Waals surface area contributed by atoms with Crippen LogP contribution in [0.1, 0.15) is 25.8 Å². The Morgan fingerprint density at radius 2 is 2.07 bits per heavy atom. The minimum absolute atomic E-state index is 0.146. The average molecular weight is 210 g/mol. The number of esters is 1. The predicted octanol–water partition coefficient (Wildman–Crippen LogP) is 1.98. The van der Waals surface area contributed by atoms with Crippen LogP contribution in [0.15, 0.2) is 12.1 Å². The molecular weight excluding hydrogens is 196 g/mol. The van der Waals surface area contributed by atoms with E-state index in [4.69, 9.17) is 4.74 Å². The Kier molecular flexibility index (Phi) is 3.55. The van der Waals surface area contributed by atoms with E-state index in [1.165, 1.54) is 13.0 Å². The van der Waals surface area contributed by atoms with Crippen molar-refractivity contribution in [3.63, 3.8) is 0 Å². The summed E-state index contributed by atoms with van der Waals surface area (Å²) in [4.78, 5) is 10.7. The summed E-state index contributed by atoms with van der Waals surface area (Å²) in [5.41, 5.74) is 0.578. The second kappa shape index (κ2) is 4.68. The summed E-state index contributed by atoms with van der Waals surface area (Å²) >= 11 is 0. The fraction of sp³-hybridized carbons (Fsp3) is 0.364. The number of hydrogen-bond acceptors (Lipinski definition) is 4. The topological polar surface area (TPSA) is 66.8 Å². The van der Waals surface area contributed by atoms with E-state index in [-0.39, 0.29) is 17.2 Å². The Bertz CT molecular complexity index is 371. The Morgan fingerprint density at radius 1 is 1.40 bits per heavy atom. The van der Waals surface area contributed by atoms with E-state index in [1.54, 1.807) is 6.07 Å². The molecule has 0 spiro atoms. The molecule has 0 fully saturated rings. The van der Waals surface area contributed by atoms with Gasteiger partial charge in [-0.3, -0.25) is 4.79 Å². The lowest BCUT2D eigenvalue weighted by Crippen LogP contribution is -2.01. The Labute approximate surface area is 88.1 Å². The molecule has 0 bridgehead atoms. The van der Waals surface area contributed by atoms with Crippen LogP contribution in [-0.2, 0) is 11.2 Å². The number of aromatic hydroxyl groups is 2. The minimum Gasteiger partial charge on any atom is -0.504 e. The van der Waals surface area contributed by atoms with Crippen molar-refractivity contribution in [1.29, 1.82) is 0 Å². The lowest BCUT2D eigenvalue weighted by molar-refractivity contribution is -0.131. The molecular formula is C11H14O4. The van der Waals surface area contributed by atoms with Gasteiger partial charge in [0.1, 0.15) is 5.75 Å². The Hall–Kier alpha value is -1.71. The molecule has 2 N–H and O–H groups in total. The van der Waals surface area contributed by atoms with Crippen molar-refractivity contribution < 1.29 is 19.7 Å². The lowest BCUT2D eigenvalue weighted by atomic mass is 10.1. The van der Waals surface area contributed by atoms with Crippen LogP contribution in [0.25, 0.3) is 0 Å². The fourth-order valence-corrected chi connectivity index (χ4v) is 1.33.